The molecule has 9 nitrogen and oxygen atoms in total. The highest BCUT2D eigenvalue weighted by molar-refractivity contribution is 7.92. The molecule has 3 aliphatic rings. The van der Waals surface area contributed by atoms with Crippen molar-refractivity contribution in [3.05, 3.63) is 48.0 Å². The minimum Gasteiger partial charge on any atom is -0.486 e. The average molecular weight is 529 g/mol. The van der Waals surface area contributed by atoms with Crippen LogP contribution in [0.5, 0.6) is 11.5 Å². The Labute approximate surface area is 216 Å². The van der Waals surface area contributed by atoms with Gasteiger partial charge in [-0.05, 0) is 75.1 Å². The topological polar surface area (TPSA) is 120 Å². The van der Waals surface area contributed by atoms with Crippen molar-refractivity contribution >= 4 is 27.6 Å². The summed E-state index contributed by atoms with van der Waals surface area (Å²) in [6.45, 7) is 4.25. The van der Waals surface area contributed by atoms with E-state index in [-0.39, 0.29) is 28.1 Å². The summed E-state index contributed by atoms with van der Waals surface area (Å²) in [5.41, 5.74) is 0.0507. The monoisotopic (exact) mass is 528 g/mol. The lowest BCUT2D eigenvalue weighted by Crippen LogP contribution is -2.45. The maximum atomic E-state index is 13.1. The molecule has 0 radical (unpaired) electrons. The van der Waals surface area contributed by atoms with Crippen LogP contribution < -0.4 is 19.5 Å². The number of hydrogen-bond donors (Lipinski definition) is 2. The van der Waals surface area contributed by atoms with Crippen molar-refractivity contribution < 1.29 is 32.2 Å². The van der Waals surface area contributed by atoms with Gasteiger partial charge < -0.3 is 19.5 Å². The molecule has 2 saturated carbocycles. The lowest BCUT2D eigenvalue weighted by molar-refractivity contribution is -0.130. The second-order valence-corrected chi connectivity index (χ2v) is 11.8. The average Bonchev–Trinajstić information content (AvgIpc) is 3.52. The highest BCUT2D eigenvalue weighted by Crippen LogP contribution is 2.49. The number of rotatable bonds is 8. The predicted octanol–water partition coefficient (Wildman–Crippen LogP) is 3.74. The van der Waals surface area contributed by atoms with Crippen LogP contribution >= 0.6 is 0 Å². The molecule has 2 aromatic rings. The first kappa shape index (κ1) is 25.4. The van der Waals surface area contributed by atoms with Gasteiger partial charge in [0, 0.05) is 12.1 Å². The Bertz CT molecular complexity index is 1300. The minimum atomic E-state index is -4.05. The zero-order valence-corrected chi connectivity index (χ0v) is 21.8. The Morgan fingerprint density at radius 2 is 1.76 bits per heavy atom. The summed E-state index contributed by atoms with van der Waals surface area (Å²) in [4.78, 5) is 25.7. The molecule has 1 aliphatic heterocycles. The third kappa shape index (κ3) is 5.39. The SMILES string of the molecule is C[C@H](OC(=O)c1ccccc1NS(=O)(=O)c1ccc2c(c1)OCCO2)C(=O)N[C@@H](C)[C@@H]1C[C@@H]2CC[C@@H]1C2. The van der Waals surface area contributed by atoms with Gasteiger partial charge in [0.05, 0.1) is 16.1 Å². The van der Waals surface area contributed by atoms with E-state index in [2.05, 4.69) is 10.0 Å². The van der Waals surface area contributed by atoms with E-state index >= 15 is 0 Å². The van der Waals surface area contributed by atoms with Gasteiger partial charge in [-0.15, -0.1) is 0 Å². The molecule has 1 amide bonds. The summed E-state index contributed by atoms with van der Waals surface area (Å²) in [5.74, 6) is 1.53. The van der Waals surface area contributed by atoms with E-state index in [9.17, 15) is 18.0 Å². The van der Waals surface area contributed by atoms with Gasteiger partial charge in [-0.2, -0.15) is 0 Å². The van der Waals surface area contributed by atoms with E-state index in [1.165, 1.54) is 56.5 Å². The molecule has 2 bridgehead atoms. The Kier molecular flexibility index (Phi) is 7.02. The Morgan fingerprint density at radius 3 is 2.49 bits per heavy atom. The first-order valence-corrected chi connectivity index (χ1v) is 14.2. The molecular formula is C27H32N2O7S. The van der Waals surface area contributed by atoms with Crippen LogP contribution in [0.3, 0.4) is 0 Å². The first-order chi connectivity index (χ1) is 17.7. The number of hydrogen-bond acceptors (Lipinski definition) is 7. The first-order valence-electron chi connectivity index (χ1n) is 12.7. The largest absolute Gasteiger partial charge is 0.486 e. The van der Waals surface area contributed by atoms with Crippen molar-refractivity contribution in [3.8, 4) is 11.5 Å². The normalized spacial score (nSPS) is 23.7. The van der Waals surface area contributed by atoms with Crippen molar-refractivity contribution in [2.75, 3.05) is 17.9 Å². The minimum absolute atomic E-state index is 0.00409. The summed E-state index contributed by atoms with van der Waals surface area (Å²) in [5, 5.41) is 3.01. The number of nitrogens with one attached hydrogen (secondary N) is 2. The molecule has 2 N–H and O–H groups in total. The lowest BCUT2D eigenvalue weighted by Gasteiger charge is -2.29. The zero-order valence-electron chi connectivity index (χ0n) is 20.9. The van der Waals surface area contributed by atoms with Gasteiger partial charge in [-0.3, -0.25) is 9.52 Å². The smallest absolute Gasteiger partial charge is 0.341 e. The number of fused-ring (bicyclic) bond motifs is 3. The molecule has 1 heterocycles. The van der Waals surface area contributed by atoms with Crippen molar-refractivity contribution in [2.24, 2.45) is 17.8 Å². The van der Waals surface area contributed by atoms with Gasteiger partial charge in [-0.1, -0.05) is 18.6 Å². The molecule has 10 heteroatoms. The predicted molar refractivity (Wildman–Crippen MR) is 136 cm³/mol. The van der Waals surface area contributed by atoms with Crippen LogP contribution in [-0.4, -0.2) is 45.7 Å². The molecule has 0 aromatic heterocycles. The van der Waals surface area contributed by atoms with E-state index in [4.69, 9.17) is 14.2 Å². The van der Waals surface area contributed by atoms with Crippen LogP contribution in [0.2, 0.25) is 0 Å². The van der Waals surface area contributed by atoms with Crippen LogP contribution in [0.25, 0.3) is 0 Å². The summed E-state index contributed by atoms with van der Waals surface area (Å²) in [6, 6.07) is 10.4. The Hall–Kier alpha value is -3.27. The van der Waals surface area contributed by atoms with Crippen molar-refractivity contribution in [1.29, 1.82) is 0 Å². The third-order valence-corrected chi connectivity index (χ3v) is 9.04. The standard InChI is InChI=1S/C27H32N2O7S/c1-16(22-14-18-7-8-19(22)13-18)28-26(30)17(2)36-27(31)21-5-3-4-6-23(21)29-37(32,33)20-9-10-24-25(15-20)35-12-11-34-24/h3-6,9-10,15-19,22,29H,7-8,11-14H2,1-2H3,(H,28,30)/t16-,17-,18+,19+,22-/m0/s1. The highest BCUT2D eigenvalue weighted by atomic mass is 32.2. The molecule has 5 atom stereocenters. The van der Waals surface area contributed by atoms with E-state index in [1.54, 1.807) is 12.1 Å². The van der Waals surface area contributed by atoms with Crippen LogP contribution in [0, 0.1) is 17.8 Å². The van der Waals surface area contributed by atoms with Crippen molar-refractivity contribution in [2.45, 2.75) is 56.6 Å². The van der Waals surface area contributed by atoms with Crippen LogP contribution in [-0.2, 0) is 19.6 Å². The zero-order chi connectivity index (χ0) is 26.2. The Morgan fingerprint density at radius 1 is 1.00 bits per heavy atom. The van der Waals surface area contributed by atoms with E-state index < -0.39 is 22.1 Å². The fourth-order valence-electron chi connectivity index (χ4n) is 5.78. The second-order valence-electron chi connectivity index (χ2n) is 10.1. The van der Waals surface area contributed by atoms with Gasteiger partial charge in [0.15, 0.2) is 17.6 Å². The quantitative estimate of drug-likeness (QED) is 0.501. The number of anilines is 1. The molecular weight excluding hydrogens is 496 g/mol. The molecule has 5 rings (SSSR count). The number of para-hydroxylation sites is 1. The number of ether oxygens (including phenoxy) is 3. The fraction of sp³-hybridized carbons (Fsp3) is 0.481. The van der Waals surface area contributed by atoms with Gasteiger partial charge in [0.2, 0.25) is 0 Å². The highest BCUT2D eigenvalue weighted by Gasteiger charge is 2.42. The number of sulfonamides is 1. The van der Waals surface area contributed by atoms with Crippen LogP contribution in [0.15, 0.2) is 47.4 Å². The van der Waals surface area contributed by atoms with E-state index in [1.807, 2.05) is 6.92 Å². The van der Waals surface area contributed by atoms with Crippen LogP contribution in [0.4, 0.5) is 5.69 Å². The number of carbonyl (C=O) groups is 2. The van der Waals surface area contributed by atoms with Crippen molar-refractivity contribution in [1.82, 2.24) is 5.32 Å². The maximum Gasteiger partial charge on any atom is 0.341 e. The molecule has 198 valence electrons. The number of esters is 1. The summed E-state index contributed by atoms with van der Waals surface area (Å²) in [6.07, 6.45) is 3.86. The fourth-order valence-corrected chi connectivity index (χ4v) is 6.87. The number of carbonyl (C=O) groups excluding carboxylic acids is 2. The summed E-state index contributed by atoms with van der Waals surface area (Å²) >= 11 is 0. The Balaban J connectivity index is 1.24. The van der Waals surface area contributed by atoms with Gasteiger partial charge in [0.1, 0.15) is 13.2 Å². The number of amides is 1. The summed E-state index contributed by atoms with van der Waals surface area (Å²) < 4.78 is 45.0. The van der Waals surface area contributed by atoms with Crippen LogP contribution in [0.1, 0.15) is 49.9 Å². The van der Waals surface area contributed by atoms with E-state index in [0.29, 0.717) is 36.5 Å². The maximum absolute atomic E-state index is 13.1. The molecule has 2 fully saturated rings. The molecule has 2 aromatic carbocycles. The molecule has 0 saturated heterocycles. The summed E-state index contributed by atoms with van der Waals surface area (Å²) in [7, 11) is -4.05. The third-order valence-electron chi connectivity index (χ3n) is 7.67. The van der Waals surface area contributed by atoms with Gasteiger partial charge in [0.25, 0.3) is 15.9 Å². The molecule has 0 spiro atoms. The lowest BCUT2D eigenvalue weighted by atomic mass is 9.84. The number of benzene rings is 2. The molecule has 2 aliphatic carbocycles. The van der Waals surface area contributed by atoms with Gasteiger partial charge >= 0.3 is 5.97 Å². The van der Waals surface area contributed by atoms with Crippen molar-refractivity contribution in [3.63, 3.8) is 0 Å². The molecule has 0 unspecified atom stereocenters. The molecule has 37 heavy (non-hydrogen) atoms. The van der Waals surface area contributed by atoms with E-state index in [0.717, 1.165) is 12.3 Å². The van der Waals surface area contributed by atoms with Gasteiger partial charge in [-0.25, -0.2) is 13.2 Å². The second kappa shape index (κ2) is 10.2.